The SMILES string of the molecule is COc1ccc(-c2nn(C[NH+]3C[C@@H](C)O[C@H](C)C3)c(=S)n2-c2ccccc2C(C)C)cc1. The van der Waals surface area contributed by atoms with Crippen molar-refractivity contribution in [2.45, 2.75) is 52.5 Å². The van der Waals surface area contributed by atoms with Gasteiger partial charge in [-0.25, -0.2) is 0 Å². The fourth-order valence-corrected chi connectivity index (χ4v) is 4.85. The molecule has 170 valence electrons. The number of para-hydroxylation sites is 1. The minimum absolute atomic E-state index is 0.229. The Balaban J connectivity index is 1.82. The van der Waals surface area contributed by atoms with E-state index in [1.807, 2.05) is 28.9 Å². The van der Waals surface area contributed by atoms with Gasteiger partial charge < -0.3 is 14.4 Å². The molecule has 32 heavy (non-hydrogen) atoms. The van der Waals surface area contributed by atoms with E-state index in [4.69, 9.17) is 26.8 Å². The number of nitrogens with zero attached hydrogens (tertiary/aromatic N) is 3. The minimum Gasteiger partial charge on any atom is -0.497 e. The van der Waals surface area contributed by atoms with Gasteiger partial charge in [-0.2, -0.15) is 4.68 Å². The van der Waals surface area contributed by atoms with E-state index in [9.17, 15) is 0 Å². The summed E-state index contributed by atoms with van der Waals surface area (Å²) in [6.45, 7) is 11.3. The molecular weight excluding hydrogens is 420 g/mol. The quantitative estimate of drug-likeness (QED) is 0.576. The highest BCUT2D eigenvalue weighted by Gasteiger charge is 2.27. The van der Waals surface area contributed by atoms with Gasteiger partial charge in [-0.05, 0) is 67.9 Å². The first kappa shape index (κ1) is 22.7. The van der Waals surface area contributed by atoms with Gasteiger partial charge in [0.1, 0.15) is 31.0 Å². The zero-order chi connectivity index (χ0) is 22.8. The summed E-state index contributed by atoms with van der Waals surface area (Å²) < 4.78 is 16.1. The summed E-state index contributed by atoms with van der Waals surface area (Å²) >= 11 is 6.01. The van der Waals surface area contributed by atoms with Crippen LogP contribution in [0.4, 0.5) is 0 Å². The molecule has 1 aliphatic heterocycles. The number of nitrogens with one attached hydrogen (secondary N) is 1. The molecule has 2 heterocycles. The number of benzene rings is 2. The third-order valence-corrected chi connectivity index (χ3v) is 6.37. The largest absolute Gasteiger partial charge is 0.497 e. The van der Waals surface area contributed by atoms with Crippen molar-refractivity contribution >= 4 is 12.2 Å². The second-order valence-corrected chi connectivity index (χ2v) is 9.32. The van der Waals surface area contributed by atoms with Crippen molar-refractivity contribution in [3.63, 3.8) is 0 Å². The molecule has 2 atom stereocenters. The first-order chi connectivity index (χ1) is 15.4. The zero-order valence-electron chi connectivity index (χ0n) is 19.5. The normalized spacial score (nSPS) is 21.1. The lowest BCUT2D eigenvalue weighted by atomic mass is 10.0. The van der Waals surface area contributed by atoms with Crippen LogP contribution in [0.5, 0.6) is 5.75 Å². The molecule has 7 heteroatoms. The lowest BCUT2D eigenvalue weighted by Crippen LogP contribution is -3.14. The molecule has 0 amide bonds. The second kappa shape index (κ2) is 9.57. The highest BCUT2D eigenvalue weighted by molar-refractivity contribution is 7.71. The summed E-state index contributed by atoms with van der Waals surface area (Å²) in [6.07, 6.45) is 0.459. The van der Waals surface area contributed by atoms with Gasteiger partial charge in [0.2, 0.25) is 4.77 Å². The molecule has 1 aliphatic rings. The van der Waals surface area contributed by atoms with Crippen LogP contribution < -0.4 is 9.64 Å². The number of aromatic nitrogens is 3. The molecule has 1 saturated heterocycles. The molecule has 0 spiro atoms. The smallest absolute Gasteiger partial charge is 0.207 e. The number of ether oxygens (including phenoxy) is 2. The molecule has 3 aromatic rings. The van der Waals surface area contributed by atoms with Crippen molar-refractivity contribution < 1.29 is 14.4 Å². The van der Waals surface area contributed by atoms with E-state index in [1.165, 1.54) is 10.5 Å². The summed E-state index contributed by atoms with van der Waals surface area (Å²) in [5, 5.41) is 5.03. The Morgan fingerprint density at radius 2 is 1.75 bits per heavy atom. The first-order valence-electron chi connectivity index (χ1n) is 11.3. The van der Waals surface area contributed by atoms with Crippen molar-refractivity contribution in [3.05, 3.63) is 58.9 Å². The molecule has 1 N–H and O–H groups in total. The number of methoxy groups -OCH3 is 1. The molecule has 1 aromatic heterocycles. The van der Waals surface area contributed by atoms with E-state index in [1.54, 1.807) is 7.11 Å². The summed E-state index contributed by atoms with van der Waals surface area (Å²) in [6, 6.07) is 16.5. The van der Waals surface area contributed by atoms with Gasteiger partial charge >= 0.3 is 0 Å². The molecule has 6 nitrogen and oxygen atoms in total. The van der Waals surface area contributed by atoms with Gasteiger partial charge in [-0.1, -0.05) is 32.0 Å². The highest BCUT2D eigenvalue weighted by atomic mass is 32.1. The molecule has 0 saturated carbocycles. The Bertz CT molecular complexity index is 1110. The second-order valence-electron chi connectivity index (χ2n) is 8.96. The van der Waals surface area contributed by atoms with Crippen LogP contribution in [-0.2, 0) is 11.4 Å². The number of quaternary nitrogens is 1. The molecular formula is C25H33N4O2S+. The number of morpholine rings is 1. The number of rotatable bonds is 6. The molecule has 1 fully saturated rings. The van der Waals surface area contributed by atoms with Crippen LogP contribution in [0.25, 0.3) is 17.1 Å². The predicted octanol–water partition coefficient (Wildman–Crippen LogP) is 3.85. The third-order valence-electron chi connectivity index (χ3n) is 5.98. The molecule has 0 aliphatic carbocycles. The Hall–Kier alpha value is -2.48. The first-order valence-corrected chi connectivity index (χ1v) is 11.7. The summed E-state index contributed by atoms with van der Waals surface area (Å²) in [7, 11) is 1.68. The molecule has 0 bridgehead atoms. The highest BCUT2D eigenvalue weighted by Crippen LogP contribution is 2.29. The van der Waals surface area contributed by atoms with Gasteiger partial charge in [0.05, 0.1) is 12.8 Å². The van der Waals surface area contributed by atoms with Gasteiger partial charge in [0, 0.05) is 5.56 Å². The standard InChI is InChI=1S/C25H32N4O2S/c1-17(2)22-8-6-7-9-23(22)29-24(20-10-12-21(30-5)13-11-20)26-28(25(29)32)16-27-14-18(3)31-19(4)15-27/h6-13,17-19H,14-16H2,1-5H3/p+1/t18-,19-/m1/s1. The van der Waals surface area contributed by atoms with Crippen molar-refractivity contribution in [1.82, 2.24) is 14.3 Å². The maximum Gasteiger partial charge on any atom is 0.207 e. The van der Waals surface area contributed by atoms with E-state index in [-0.39, 0.29) is 12.2 Å². The number of hydrogen-bond acceptors (Lipinski definition) is 4. The lowest BCUT2D eigenvalue weighted by Gasteiger charge is -2.32. The van der Waals surface area contributed by atoms with Gasteiger partial charge in [-0.15, -0.1) is 5.10 Å². The van der Waals surface area contributed by atoms with Crippen LogP contribution in [0, 0.1) is 4.77 Å². The fraction of sp³-hybridized carbons (Fsp3) is 0.440. The summed E-state index contributed by atoms with van der Waals surface area (Å²) in [5.41, 5.74) is 3.34. The molecule has 0 radical (unpaired) electrons. The average molecular weight is 454 g/mol. The van der Waals surface area contributed by atoms with Gasteiger partial charge in [0.15, 0.2) is 12.5 Å². The van der Waals surface area contributed by atoms with Crippen LogP contribution >= 0.6 is 12.2 Å². The van der Waals surface area contributed by atoms with Crippen LogP contribution in [0.2, 0.25) is 0 Å². The van der Waals surface area contributed by atoms with Crippen LogP contribution in [0.15, 0.2) is 48.5 Å². The molecule has 4 rings (SSSR count). The van der Waals surface area contributed by atoms with Crippen LogP contribution in [0.1, 0.15) is 39.2 Å². The lowest BCUT2D eigenvalue weighted by molar-refractivity contribution is -0.937. The van der Waals surface area contributed by atoms with Crippen LogP contribution in [-0.4, -0.2) is 46.8 Å². The van der Waals surface area contributed by atoms with Gasteiger partial charge in [0.25, 0.3) is 0 Å². The number of hydrogen-bond donors (Lipinski definition) is 1. The van der Waals surface area contributed by atoms with Crippen LogP contribution in [0.3, 0.4) is 0 Å². The van der Waals surface area contributed by atoms with E-state index in [0.29, 0.717) is 10.7 Å². The van der Waals surface area contributed by atoms with E-state index in [2.05, 4.69) is 56.5 Å². The Morgan fingerprint density at radius 3 is 2.38 bits per heavy atom. The third kappa shape index (κ3) is 4.65. The van der Waals surface area contributed by atoms with E-state index in [0.717, 1.165) is 42.6 Å². The maximum absolute atomic E-state index is 6.01. The average Bonchev–Trinajstić information content (AvgIpc) is 3.08. The Kier molecular flexibility index (Phi) is 6.79. The maximum atomic E-state index is 6.01. The van der Waals surface area contributed by atoms with Crippen molar-refractivity contribution in [3.8, 4) is 22.8 Å². The summed E-state index contributed by atoms with van der Waals surface area (Å²) in [5.74, 6) is 2.04. The Morgan fingerprint density at radius 1 is 1.09 bits per heavy atom. The van der Waals surface area contributed by atoms with E-state index >= 15 is 0 Å². The van der Waals surface area contributed by atoms with Crippen molar-refractivity contribution in [1.29, 1.82) is 0 Å². The molecule has 2 aromatic carbocycles. The fourth-order valence-electron chi connectivity index (χ4n) is 4.56. The minimum atomic E-state index is 0.229. The van der Waals surface area contributed by atoms with Crippen molar-refractivity contribution in [2.24, 2.45) is 0 Å². The molecule has 0 unspecified atom stereocenters. The Labute approximate surface area is 195 Å². The van der Waals surface area contributed by atoms with Gasteiger partial charge in [-0.3, -0.25) is 4.57 Å². The van der Waals surface area contributed by atoms with Crippen molar-refractivity contribution in [2.75, 3.05) is 20.2 Å². The topological polar surface area (TPSA) is 45.6 Å². The summed E-state index contributed by atoms with van der Waals surface area (Å²) in [4.78, 5) is 1.43. The van der Waals surface area contributed by atoms with E-state index < -0.39 is 0 Å². The predicted molar refractivity (Wildman–Crippen MR) is 129 cm³/mol. The zero-order valence-corrected chi connectivity index (χ0v) is 20.4. The monoisotopic (exact) mass is 453 g/mol.